The third-order valence-corrected chi connectivity index (χ3v) is 5.80. The first kappa shape index (κ1) is 20.4. The van der Waals surface area contributed by atoms with E-state index < -0.39 is 17.5 Å². The van der Waals surface area contributed by atoms with Crippen LogP contribution in [0.5, 0.6) is 0 Å². The molecule has 1 heterocycles. The van der Waals surface area contributed by atoms with E-state index in [0.29, 0.717) is 18.8 Å². The fraction of sp³-hybridized carbons (Fsp3) is 0.591. The zero-order valence-electron chi connectivity index (χ0n) is 17.4. The second kappa shape index (κ2) is 7.22. The molecule has 6 heteroatoms. The second-order valence-corrected chi connectivity index (χ2v) is 9.35. The number of esters is 1. The molecule has 6 nitrogen and oxygen atoms in total. The summed E-state index contributed by atoms with van der Waals surface area (Å²) in [6.07, 6.45) is 2.20. The summed E-state index contributed by atoms with van der Waals surface area (Å²) in [4.78, 5) is 38.9. The lowest BCUT2D eigenvalue weighted by Crippen LogP contribution is -2.54. The van der Waals surface area contributed by atoms with Crippen LogP contribution in [0.3, 0.4) is 0 Å². The SMILES string of the molecule is Cc1ccc(C)c(COC(=O)CN2C(=O)N[C@@]3(C[C@H](C)CC(C)(C)C3)C2=O)c1. The largest absolute Gasteiger partial charge is 0.459 e. The Morgan fingerprint density at radius 3 is 2.64 bits per heavy atom. The molecule has 1 saturated heterocycles. The molecular formula is C22H30N2O4. The lowest BCUT2D eigenvalue weighted by molar-refractivity contribution is -0.149. The van der Waals surface area contributed by atoms with Crippen LogP contribution in [0.4, 0.5) is 4.79 Å². The van der Waals surface area contributed by atoms with Crippen LogP contribution in [0.2, 0.25) is 0 Å². The van der Waals surface area contributed by atoms with Gasteiger partial charge in [0.05, 0.1) is 0 Å². The van der Waals surface area contributed by atoms with E-state index >= 15 is 0 Å². The van der Waals surface area contributed by atoms with Crippen LogP contribution < -0.4 is 5.32 Å². The number of ether oxygens (including phenoxy) is 1. The maximum Gasteiger partial charge on any atom is 0.326 e. The highest BCUT2D eigenvalue weighted by Crippen LogP contribution is 2.46. The van der Waals surface area contributed by atoms with Gasteiger partial charge >= 0.3 is 12.0 Å². The molecule has 0 unspecified atom stereocenters. The van der Waals surface area contributed by atoms with Crippen molar-refractivity contribution in [2.75, 3.05) is 6.54 Å². The molecule has 3 amide bonds. The fourth-order valence-electron chi connectivity index (χ4n) is 4.94. The van der Waals surface area contributed by atoms with E-state index in [9.17, 15) is 14.4 Å². The van der Waals surface area contributed by atoms with Crippen molar-refractivity contribution >= 4 is 17.9 Å². The number of urea groups is 1. The van der Waals surface area contributed by atoms with E-state index in [0.717, 1.165) is 28.0 Å². The maximum atomic E-state index is 13.1. The predicted octanol–water partition coefficient (Wildman–Crippen LogP) is 3.48. The van der Waals surface area contributed by atoms with Crippen molar-refractivity contribution < 1.29 is 19.1 Å². The molecule has 1 aromatic carbocycles. The summed E-state index contributed by atoms with van der Waals surface area (Å²) < 4.78 is 5.35. The number of rotatable bonds is 4. The first-order valence-electron chi connectivity index (χ1n) is 9.87. The number of nitrogens with zero attached hydrogens (tertiary/aromatic N) is 1. The molecular weight excluding hydrogens is 356 g/mol. The average molecular weight is 386 g/mol. The number of nitrogens with one attached hydrogen (secondary N) is 1. The lowest BCUT2D eigenvalue weighted by atomic mass is 9.64. The summed E-state index contributed by atoms with van der Waals surface area (Å²) in [5.41, 5.74) is 2.10. The average Bonchev–Trinajstić information content (AvgIpc) is 2.77. The van der Waals surface area contributed by atoms with Crippen LogP contribution in [-0.4, -0.2) is 34.9 Å². The summed E-state index contributed by atoms with van der Waals surface area (Å²) in [7, 11) is 0. The Hall–Kier alpha value is -2.37. The van der Waals surface area contributed by atoms with Gasteiger partial charge in [0.15, 0.2) is 0 Å². The van der Waals surface area contributed by atoms with Crippen LogP contribution >= 0.6 is 0 Å². The molecule has 1 spiro atoms. The normalized spacial score (nSPS) is 26.5. The summed E-state index contributed by atoms with van der Waals surface area (Å²) >= 11 is 0. The molecule has 0 bridgehead atoms. The molecule has 3 rings (SSSR count). The molecule has 1 N–H and O–H groups in total. The second-order valence-electron chi connectivity index (χ2n) is 9.35. The van der Waals surface area contributed by atoms with Gasteiger partial charge in [0.2, 0.25) is 0 Å². The van der Waals surface area contributed by atoms with Gasteiger partial charge in [-0.2, -0.15) is 0 Å². The van der Waals surface area contributed by atoms with Crippen molar-refractivity contribution in [2.45, 2.75) is 66.0 Å². The van der Waals surface area contributed by atoms with Gasteiger partial charge in [-0.15, -0.1) is 0 Å². The predicted molar refractivity (Wildman–Crippen MR) is 105 cm³/mol. The number of carbonyl (C=O) groups excluding carboxylic acids is 3. The summed E-state index contributed by atoms with van der Waals surface area (Å²) in [5, 5.41) is 2.88. The van der Waals surface area contributed by atoms with Gasteiger partial charge in [-0.3, -0.25) is 14.5 Å². The van der Waals surface area contributed by atoms with Crippen molar-refractivity contribution in [1.82, 2.24) is 10.2 Å². The third kappa shape index (κ3) is 4.05. The van der Waals surface area contributed by atoms with Gasteiger partial charge in [0.1, 0.15) is 18.7 Å². The Morgan fingerprint density at radius 2 is 1.96 bits per heavy atom. The van der Waals surface area contributed by atoms with E-state index in [-0.39, 0.29) is 24.5 Å². The number of amides is 3. The van der Waals surface area contributed by atoms with Crippen LogP contribution in [-0.2, 0) is 20.9 Å². The van der Waals surface area contributed by atoms with E-state index in [1.807, 2.05) is 32.0 Å². The number of carbonyl (C=O) groups is 3. The van der Waals surface area contributed by atoms with Crippen molar-refractivity contribution in [1.29, 1.82) is 0 Å². The number of aryl methyl sites for hydroxylation is 2. The van der Waals surface area contributed by atoms with Crippen molar-refractivity contribution in [3.8, 4) is 0 Å². The molecule has 1 aromatic rings. The van der Waals surface area contributed by atoms with Crippen LogP contribution in [0.15, 0.2) is 18.2 Å². The van der Waals surface area contributed by atoms with Gasteiger partial charge < -0.3 is 10.1 Å². The summed E-state index contributed by atoms with van der Waals surface area (Å²) in [6, 6.07) is 5.45. The highest BCUT2D eigenvalue weighted by molar-refractivity contribution is 6.08. The van der Waals surface area contributed by atoms with E-state index in [1.54, 1.807) is 0 Å². The number of hydrogen-bond acceptors (Lipinski definition) is 4. The Balaban J connectivity index is 1.66. The molecule has 1 aliphatic heterocycles. The minimum Gasteiger partial charge on any atom is -0.459 e. The van der Waals surface area contributed by atoms with Crippen molar-refractivity contribution in [2.24, 2.45) is 11.3 Å². The fourth-order valence-corrected chi connectivity index (χ4v) is 4.94. The Bertz CT molecular complexity index is 817. The van der Waals surface area contributed by atoms with E-state index in [1.165, 1.54) is 0 Å². The number of benzene rings is 1. The molecule has 0 aromatic heterocycles. The first-order valence-corrected chi connectivity index (χ1v) is 9.87. The highest BCUT2D eigenvalue weighted by atomic mass is 16.5. The van der Waals surface area contributed by atoms with Crippen LogP contribution in [0.25, 0.3) is 0 Å². The molecule has 2 fully saturated rings. The quantitative estimate of drug-likeness (QED) is 0.635. The minimum atomic E-state index is -0.897. The van der Waals surface area contributed by atoms with Gasteiger partial charge in [-0.05, 0) is 55.6 Å². The third-order valence-electron chi connectivity index (χ3n) is 5.80. The standard InChI is InChI=1S/C22H30N2O4/c1-14-6-7-16(3)17(8-14)12-28-18(25)11-24-19(26)22(23-20(24)27)10-15(2)9-21(4,5)13-22/h6-8,15H,9-13H2,1-5H3,(H,23,27)/t15-,22-/m1/s1. The molecule has 2 atom stereocenters. The Kier molecular flexibility index (Phi) is 5.26. The maximum absolute atomic E-state index is 13.1. The van der Waals surface area contributed by atoms with Crippen molar-refractivity contribution in [3.63, 3.8) is 0 Å². The molecule has 152 valence electrons. The molecule has 1 aliphatic carbocycles. The summed E-state index contributed by atoms with van der Waals surface area (Å²) in [5.74, 6) is -0.561. The monoisotopic (exact) mass is 386 g/mol. The van der Waals surface area contributed by atoms with Gasteiger partial charge in [0.25, 0.3) is 5.91 Å². The van der Waals surface area contributed by atoms with Gasteiger partial charge in [-0.1, -0.05) is 44.5 Å². The van der Waals surface area contributed by atoms with Gasteiger partial charge in [-0.25, -0.2) is 4.79 Å². The Labute approximate surface area is 166 Å². The topological polar surface area (TPSA) is 75.7 Å². The number of hydrogen-bond donors (Lipinski definition) is 1. The van der Waals surface area contributed by atoms with E-state index in [4.69, 9.17) is 4.74 Å². The highest BCUT2D eigenvalue weighted by Gasteiger charge is 2.56. The number of imide groups is 1. The molecule has 1 saturated carbocycles. The molecule has 2 aliphatic rings. The lowest BCUT2D eigenvalue weighted by Gasteiger charge is -2.43. The zero-order chi connectivity index (χ0) is 20.7. The Morgan fingerprint density at radius 1 is 1.25 bits per heavy atom. The van der Waals surface area contributed by atoms with E-state index in [2.05, 4.69) is 26.1 Å². The summed E-state index contributed by atoms with van der Waals surface area (Å²) in [6.45, 7) is 10.0. The zero-order valence-corrected chi connectivity index (χ0v) is 17.4. The van der Waals surface area contributed by atoms with Gasteiger partial charge in [0, 0.05) is 0 Å². The van der Waals surface area contributed by atoms with Crippen LogP contribution in [0, 0.1) is 25.2 Å². The molecule has 28 heavy (non-hydrogen) atoms. The van der Waals surface area contributed by atoms with Crippen LogP contribution in [0.1, 0.15) is 56.7 Å². The smallest absolute Gasteiger partial charge is 0.326 e. The molecule has 0 radical (unpaired) electrons. The minimum absolute atomic E-state index is 0.0418. The first-order chi connectivity index (χ1) is 13.0. The van der Waals surface area contributed by atoms with Crippen molar-refractivity contribution in [3.05, 3.63) is 34.9 Å².